The van der Waals surface area contributed by atoms with Crippen LogP contribution in [-0.2, 0) is 19.1 Å². The number of alkyl carbamates (subject to hydrolysis) is 1. The number of amides is 1. The lowest BCUT2D eigenvalue weighted by atomic mass is 10.2. The fourth-order valence-electron chi connectivity index (χ4n) is 1.91. The molecule has 28 heavy (non-hydrogen) atoms. The third kappa shape index (κ3) is 7.51. The van der Waals surface area contributed by atoms with E-state index in [1.54, 1.807) is 26.8 Å². The van der Waals surface area contributed by atoms with Gasteiger partial charge in [0.15, 0.2) is 11.5 Å². The molecule has 0 heterocycles. The number of carboxylic acids is 1. The second-order valence-electron chi connectivity index (χ2n) is 5.98. The zero-order valence-electron chi connectivity index (χ0n) is 16.1. The molecule has 0 radical (unpaired) electrons. The van der Waals surface area contributed by atoms with E-state index in [2.05, 4.69) is 5.32 Å². The van der Waals surface area contributed by atoms with Crippen LogP contribution < -0.4 is 14.8 Å². The molecular formula is C18H24ClNO8. The van der Waals surface area contributed by atoms with Crippen molar-refractivity contribution in [2.75, 3.05) is 13.7 Å². The molecule has 2 N–H and O–H groups in total. The van der Waals surface area contributed by atoms with Crippen LogP contribution in [0.25, 0.3) is 0 Å². The number of carbonyl (C=O) groups excluding carboxylic acids is 2. The normalized spacial score (nSPS) is 12.6. The average molecular weight is 418 g/mol. The topological polar surface area (TPSA) is 120 Å². The van der Waals surface area contributed by atoms with Crippen LogP contribution in [0.2, 0.25) is 5.02 Å². The predicted molar refractivity (Wildman–Crippen MR) is 99.5 cm³/mol. The third-order valence-corrected chi connectivity index (χ3v) is 3.64. The first kappa shape index (κ1) is 23.4. The fourth-order valence-corrected chi connectivity index (χ4v) is 2.07. The van der Waals surface area contributed by atoms with Crippen LogP contribution in [0.3, 0.4) is 0 Å². The molecule has 0 aliphatic carbocycles. The molecule has 1 aromatic rings. The van der Waals surface area contributed by atoms with E-state index in [1.807, 2.05) is 0 Å². The fraction of sp³-hybridized carbons (Fsp3) is 0.500. The maximum absolute atomic E-state index is 12.0. The zero-order valence-corrected chi connectivity index (χ0v) is 16.8. The van der Waals surface area contributed by atoms with Crippen LogP contribution in [0.1, 0.15) is 27.2 Å². The van der Waals surface area contributed by atoms with E-state index in [-0.39, 0.29) is 23.8 Å². The summed E-state index contributed by atoms with van der Waals surface area (Å²) in [6.07, 6.45) is -3.35. The van der Waals surface area contributed by atoms with Gasteiger partial charge in [0.05, 0.1) is 13.7 Å². The van der Waals surface area contributed by atoms with Crippen molar-refractivity contribution in [2.24, 2.45) is 5.92 Å². The molecule has 0 aromatic heterocycles. The number of benzene rings is 1. The lowest BCUT2D eigenvalue weighted by Crippen LogP contribution is -2.42. The molecule has 0 aliphatic heterocycles. The first-order chi connectivity index (χ1) is 13.2. The first-order valence-electron chi connectivity index (χ1n) is 8.54. The highest BCUT2D eigenvalue weighted by Crippen LogP contribution is 2.30. The van der Waals surface area contributed by atoms with Crippen molar-refractivity contribution in [1.82, 2.24) is 5.32 Å². The highest BCUT2D eigenvalue weighted by Gasteiger charge is 2.25. The standard InChI is InChI=1S/C18H24ClNO8/c1-5-15(21)27-17(10(2)3)28-18(24)20-9-14(16(22)23)26-13-8-11(19)6-7-12(13)25-4/h6-8,10,14,17H,5,9H2,1-4H3,(H,20,24)(H,22,23)/t14-,17-/m0/s1. The van der Waals surface area contributed by atoms with Crippen molar-refractivity contribution in [3.8, 4) is 11.5 Å². The summed E-state index contributed by atoms with van der Waals surface area (Å²) in [7, 11) is 1.39. The lowest BCUT2D eigenvalue weighted by molar-refractivity contribution is -0.174. The summed E-state index contributed by atoms with van der Waals surface area (Å²) < 4.78 is 20.6. The Morgan fingerprint density at radius 3 is 2.39 bits per heavy atom. The van der Waals surface area contributed by atoms with Crippen LogP contribution >= 0.6 is 11.6 Å². The van der Waals surface area contributed by atoms with E-state index >= 15 is 0 Å². The number of rotatable bonds is 10. The van der Waals surface area contributed by atoms with Crippen molar-refractivity contribution >= 4 is 29.6 Å². The molecule has 9 nitrogen and oxygen atoms in total. The van der Waals surface area contributed by atoms with Gasteiger partial charge >= 0.3 is 18.0 Å². The number of ether oxygens (including phenoxy) is 4. The van der Waals surface area contributed by atoms with E-state index in [0.29, 0.717) is 5.02 Å². The Hall–Kier alpha value is -2.68. The minimum atomic E-state index is -1.43. The Balaban J connectivity index is 2.72. The third-order valence-electron chi connectivity index (χ3n) is 3.41. The van der Waals surface area contributed by atoms with Gasteiger partial charge in [-0.05, 0) is 12.1 Å². The van der Waals surface area contributed by atoms with Crippen LogP contribution in [0, 0.1) is 5.92 Å². The maximum Gasteiger partial charge on any atom is 0.410 e. The van der Waals surface area contributed by atoms with Crippen molar-refractivity contribution in [3.05, 3.63) is 23.2 Å². The molecule has 1 amide bonds. The number of hydrogen-bond donors (Lipinski definition) is 2. The molecular weight excluding hydrogens is 394 g/mol. The molecule has 2 atom stereocenters. The summed E-state index contributed by atoms with van der Waals surface area (Å²) in [6.45, 7) is 4.61. The minimum absolute atomic E-state index is 0.106. The van der Waals surface area contributed by atoms with Crippen LogP contribution in [0.15, 0.2) is 18.2 Å². The first-order valence-corrected chi connectivity index (χ1v) is 8.92. The summed E-state index contributed by atoms with van der Waals surface area (Å²) in [4.78, 5) is 34.8. The summed E-state index contributed by atoms with van der Waals surface area (Å²) in [5.41, 5.74) is 0. The summed E-state index contributed by atoms with van der Waals surface area (Å²) in [5, 5.41) is 11.9. The molecule has 1 rings (SSSR count). The van der Waals surface area contributed by atoms with Gasteiger partial charge in [0, 0.05) is 23.4 Å². The van der Waals surface area contributed by atoms with Crippen LogP contribution in [0.5, 0.6) is 11.5 Å². The molecule has 0 bridgehead atoms. The second-order valence-corrected chi connectivity index (χ2v) is 6.42. The number of nitrogens with one attached hydrogen (secondary N) is 1. The smallest absolute Gasteiger partial charge is 0.410 e. The van der Waals surface area contributed by atoms with Crippen molar-refractivity contribution < 1.29 is 38.4 Å². The average Bonchev–Trinajstić information content (AvgIpc) is 2.64. The number of esters is 1. The van der Waals surface area contributed by atoms with E-state index in [1.165, 1.54) is 19.2 Å². The molecule has 0 saturated heterocycles. The number of carbonyl (C=O) groups is 3. The Morgan fingerprint density at radius 1 is 1.18 bits per heavy atom. The number of hydrogen-bond acceptors (Lipinski definition) is 7. The highest BCUT2D eigenvalue weighted by molar-refractivity contribution is 6.30. The van der Waals surface area contributed by atoms with Crippen molar-refractivity contribution in [3.63, 3.8) is 0 Å². The molecule has 0 spiro atoms. The van der Waals surface area contributed by atoms with Crippen LogP contribution in [0.4, 0.5) is 4.79 Å². The van der Waals surface area contributed by atoms with E-state index in [9.17, 15) is 19.5 Å². The Labute approximate surface area is 167 Å². The van der Waals surface area contributed by atoms with E-state index < -0.39 is 37.0 Å². The zero-order chi connectivity index (χ0) is 21.3. The molecule has 0 saturated carbocycles. The van der Waals surface area contributed by atoms with Gasteiger partial charge in [-0.1, -0.05) is 32.4 Å². The van der Waals surface area contributed by atoms with Gasteiger partial charge < -0.3 is 29.4 Å². The molecule has 0 aliphatic rings. The van der Waals surface area contributed by atoms with Crippen molar-refractivity contribution in [1.29, 1.82) is 0 Å². The van der Waals surface area contributed by atoms with Crippen molar-refractivity contribution in [2.45, 2.75) is 39.6 Å². The summed E-state index contributed by atoms with van der Waals surface area (Å²) in [5.74, 6) is -1.74. The second kappa shape index (κ2) is 11.2. The number of halogens is 1. The van der Waals surface area contributed by atoms with Gasteiger partial charge in [-0.3, -0.25) is 4.79 Å². The quantitative estimate of drug-likeness (QED) is 0.440. The van der Waals surface area contributed by atoms with Gasteiger partial charge in [-0.2, -0.15) is 0 Å². The molecule has 0 fully saturated rings. The van der Waals surface area contributed by atoms with Gasteiger partial charge in [-0.15, -0.1) is 0 Å². The van der Waals surface area contributed by atoms with E-state index in [0.717, 1.165) is 0 Å². The Morgan fingerprint density at radius 2 is 1.86 bits per heavy atom. The van der Waals surface area contributed by atoms with Crippen LogP contribution in [-0.4, -0.2) is 49.2 Å². The maximum atomic E-state index is 12.0. The van der Waals surface area contributed by atoms with Gasteiger partial charge in [0.2, 0.25) is 6.10 Å². The molecule has 156 valence electrons. The summed E-state index contributed by atoms with van der Waals surface area (Å²) in [6, 6.07) is 4.48. The molecule has 10 heteroatoms. The lowest BCUT2D eigenvalue weighted by Gasteiger charge is -2.22. The summed E-state index contributed by atoms with van der Waals surface area (Å²) >= 11 is 5.89. The number of carboxylic acid groups (broad SMARTS) is 1. The molecule has 0 unspecified atom stereocenters. The largest absolute Gasteiger partial charge is 0.493 e. The Kier molecular flexibility index (Phi) is 9.37. The predicted octanol–water partition coefficient (Wildman–Crippen LogP) is 2.84. The minimum Gasteiger partial charge on any atom is -0.493 e. The van der Waals surface area contributed by atoms with Gasteiger partial charge in [0.25, 0.3) is 6.29 Å². The SMILES string of the molecule is CCC(=O)O[C@@H](OC(=O)NC[C@H](Oc1cc(Cl)ccc1OC)C(=O)O)C(C)C. The monoisotopic (exact) mass is 417 g/mol. The number of aliphatic carboxylic acids is 1. The van der Waals surface area contributed by atoms with Gasteiger partial charge in [-0.25, -0.2) is 9.59 Å². The molecule has 1 aromatic carbocycles. The number of methoxy groups -OCH3 is 1. The van der Waals surface area contributed by atoms with E-state index in [4.69, 9.17) is 30.5 Å². The highest BCUT2D eigenvalue weighted by atomic mass is 35.5. The Bertz CT molecular complexity index is 694. The van der Waals surface area contributed by atoms with Gasteiger partial charge in [0.1, 0.15) is 0 Å².